The van der Waals surface area contributed by atoms with Gasteiger partial charge in [-0.15, -0.1) is 23.7 Å². The quantitative estimate of drug-likeness (QED) is 0.807. The van der Waals surface area contributed by atoms with Crippen LogP contribution in [0.5, 0.6) is 0 Å². The van der Waals surface area contributed by atoms with Crippen LogP contribution in [0.1, 0.15) is 28.1 Å². The fraction of sp³-hybridized carbons (Fsp3) is 0.643. The van der Waals surface area contributed by atoms with Crippen molar-refractivity contribution < 1.29 is 17.9 Å². The summed E-state index contributed by atoms with van der Waals surface area (Å²) in [4.78, 5) is 12.1. The molecule has 130 valence electrons. The molecule has 3 heterocycles. The molecule has 1 aromatic heterocycles. The Bertz CT molecular complexity index is 696. The molecule has 0 bridgehead atoms. The molecule has 0 radical (unpaired) electrons. The summed E-state index contributed by atoms with van der Waals surface area (Å²) in [5, 5.41) is 5.01. The second-order valence-electron chi connectivity index (χ2n) is 6.08. The fourth-order valence-corrected chi connectivity index (χ4v) is 6.57. The summed E-state index contributed by atoms with van der Waals surface area (Å²) in [6.07, 6.45) is 1.88. The van der Waals surface area contributed by atoms with E-state index in [1.165, 1.54) is 11.4 Å². The van der Waals surface area contributed by atoms with Gasteiger partial charge < -0.3 is 10.1 Å². The molecule has 23 heavy (non-hydrogen) atoms. The molecule has 1 atom stereocenters. The Hall–Kier alpha value is -0.670. The number of esters is 1. The van der Waals surface area contributed by atoms with E-state index in [-0.39, 0.29) is 27.6 Å². The van der Waals surface area contributed by atoms with E-state index in [2.05, 4.69) is 5.32 Å². The molecule has 6 nitrogen and oxygen atoms in total. The number of hydrogen-bond donors (Lipinski definition) is 1. The molecular weight excluding hydrogens is 360 g/mol. The first-order valence-electron chi connectivity index (χ1n) is 7.27. The van der Waals surface area contributed by atoms with Crippen molar-refractivity contribution in [3.63, 3.8) is 0 Å². The lowest BCUT2D eigenvalue weighted by Crippen LogP contribution is -2.34. The number of thiophene rings is 1. The molecular formula is C14H21ClN2O4S2. The van der Waals surface area contributed by atoms with Gasteiger partial charge in [-0.25, -0.2) is 13.2 Å². The van der Waals surface area contributed by atoms with Gasteiger partial charge in [0, 0.05) is 19.6 Å². The van der Waals surface area contributed by atoms with Crippen LogP contribution in [0.15, 0.2) is 10.3 Å². The smallest absolute Gasteiger partial charge is 0.349 e. The Balaban J connectivity index is 0.00000192. The summed E-state index contributed by atoms with van der Waals surface area (Å²) in [5.74, 6) is -0.590. The molecule has 0 amide bonds. The van der Waals surface area contributed by atoms with Crippen LogP contribution >= 0.6 is 23.7 Å². The van der Waals surface area contributed by atoms with E-state index in [9.17, 15) is 13.2 Å². The van der Waals surface area contributed by atoms with Gasteiger partial charge in [0.15, 0.2) is 0 Å². The van der Waals surface area contributed by atoms with Crippen LogP contribution in [-0.2, 0) is 14.8 Å². The fourth-order valence-electron chi connectivity index (χ4n) is 3.36. The second kappa shape index (κ2) is 6.68. The summed E-state index contributed by atoms with van der Waals surface area (Å²) in [6.45, 7) is 4.57. The number of aryl methyl sites for hydroxylation is 1. The number of nitrogens with zero attached hydrogens (tertiary/aromatic N) is 1. The SMILES string of the molecule is COC(=O)c1scc(C)c1S(=O)(=O)N1CCC2(CCNC2)C1.Cl. The molecule has 2 aliphatic rings. The molecule has 1 spiro atoms. The van der Waals surface area contributed by atoms with Crippen LogP contribution < -0.4 is 5.32 Å². The highest BCUT2D eigenvalue weighted by Crippen LogP contribution is 2.40. The Morgan fingerprint density at radius 2 is 2.17 bits per heavy atom. The maximum atomic E-state index is 13.0. The number of carbonyl (C=O) groups is 1. The van der Waals surface area contributed by atoms with E-state index in [0.717, 1.165) is 37.3 Å². The van der Waals surface area contributed by atoms with Gasteiger partial charge >= 0.3 is 5.97 Å². The zero-order valence-corrected chi connectivity index (χ0v) is 15.6. The monoisotopic (exact) mass is 380 g/mol. The number of carbonyl (C=O) groups excluding carboxylic acids is 1. The van der Waals surface area contributed by atoms with Crippen LogP contribution in [-0.4, -0.2) is 52.0 Å². The van der Waals surface area contributed by atoms with Gasteiger partial charge in [0.05, 0.1) is 7.11 Å². The van der Waals surface area contributed by atoms with Crippen molar-refractivity contribution in [3.8, 4) is 0 Å². The van der Waals surface area contributed by atoms with E-state index in [1.807, 2.05) is 0 Å². The van der Waals surface area contributed by atoms with Gasteiger partial charge in [0.25, 0.3) is 0 Å². The Morgan fingerprint density at radius 1 is 1.43 bits per heavy atom. The zero-order chi connectivity index (χ0) is 16.0. The molecule has 1 unspecified atom stereocenters. The van der Waals surface area contributed by atoms with E-state index in [4.69, 9.17) is 4.74 Å². The molecule has 1 N–H and O–H groups in total. The third kappa shape index (κ3) is 3.15. The van der Waals surface area contributed by atoms with Crippen LogP contribution in [0, 0.1) is 12.3 Å². The molecule has 3 rings (SSSR count). The highest BCUT2D eigenvalue weighted by atomic mass is 35.5. The lowest BCUT2D eigenvalue weighted by Gasteiger charge is -2.22. The summed E-state index contributed by atoms with van der Waals surface area (Å²) >= 11 is 1.13. The van der Waals surface area contributed by atoms with Gasteiger partial charge in [-0.2, -0.15) is 4.31 Å². The average molecular weight is 381 g/mol. The Labute approximate surface area is 146 Å². The van der Waals surface area contributed by atoms with Crippen molar-refractivity contribution in [1.29, 1.82) is 0 Å². The highest BCUT2D eigenvalue weighted by Gasteiger charge is 2.45. The molecule has 0 saturated carbocycles. The van der Waals surface area contributed by atoms with E-state index >= 15 is 0 Å². The minimum atomic E-state index is -3.66. The maximum absolute atomic E-state index is 13.0. The number of rotatable bonds is 3. The molecule has 1 aromatic rings. The minimum Gasteiger partial charge on any atom is -0.465 e. The van der Waals surface area contributed by atoms with E-state index in [0.29, 0.717) is 18.7 Å². The molecule has 0 aromatic carbocycles. The maximum Gasteiger partial charge on any atom is 0.349 e. The van der Waals surface area contributed by atoms with Gasteiger partial charge in [0.1, 0.15) is 9.77 Å². The Kier molecular flexibility index (Phi) is 5.42. The zero-order valence-electron chi connectivity index (χ0n) is 13.1. The standard InChI is InChI=1S/C14H20N2O4S2.ClH/c1-10-7-21-11(13(17)20-2)12(10)22(18,19)16-6-4-14(9-16)3-5-15-8-14;/h7,15H,3-6,8-9H2,1-2H3;1H. The van der Waals surface area contributed by atoms with E-state index in [1.54, 1.807) is 12.3 Å². The Morgan fingerprint density at radius 3 is 2.78 bits per heavy atom. The van der Waals surface area contributed by atoms with Crippen LogP contribution in [0.4, 0.5) is 0 Å². The summed E-state index contributed by atoms with van der Waals surface area (Å²) in [6, 6.07) is 0. The molecule has 0 aliphatic carbocycles. The number of nitrogens with one attached hydrogen (secondary N) is 1. The van der Waals surface area contributed by atoms with Gasteiger partial charge in [-0.05, 0) is 42.7 Å². The number of hydrogen-bond acceptors (Lipinski definition) is 6. The lowest BCUT2D eigenvalue weighted by molar-refractivity contribution is 0.0602. The third-order valence-electron chi connectivity index (χ3n) is 4.62. The lowest BCUT2D eigenvalue weighted by atomic mass is 9.87. The minimum absolute atomic E-state index is 0. The topological polar surface area (TPSA) is 75.7 Å². The predicted molar refractivity (Wildman–Crippen MR) is 90.9 cm³/mol. The van der Waals surface area contributed by atoms with Crippen molar-refractivity contribution in [3.05, 3.63) is 15.8 Å². The van der Waals surface area contributed by atoms with E-state index < -0.39 is 16.0 Å². The number of sulfonamides is 1. The molecule has 9 heteroatoms. The van der Waals surface area contributed by atoms with Crippen LogP contribution in [0.3, 0.4) is 0 Å². The van der Waals surface area contributed by atoms with Crippen LogP contribution in [0.25, 0.3) is 0 Å². The van der Waals surface area contributed by atoms with Crippen molar-refractivity contribution in [2.24, 2.45) is 5.41 Å². The van der Waals surface area contributed by atoms with Gasteiger partial charge in [-0.1, -0.05) is 0 Å². The van der Waals surface area contributed by atoms with Gasteiger partial charge in [0.2, 0.25) is 10.0 Å². The number of methoxy groups -OCH3 is 1. The second-order valence-corrected chi connectivity index (χ2v) is 8.84. The average Bonchev–Trinajstić information content (AvgIpc) is 3.20. The molecule has 2 saturated heterocycles. The van der Waals surface area contributed by atoms with Crippen molar-refractivity contribution in [2.45, 2.75) is 24.7 Å². The summed E-state index contributed by atoms with van der Waals surface area (Å²) in [5.41, 5.74) is 0.665. The largest absolute Gasteiger partial charge is 0.465 e. The third-order valence-corrected chi connectivity index (χ3v) is 7.86. The van der Waals surface area contributed by atoms with Crippen molar-refractivity contribution in [1.82, 2.24) is 9.62 Å². The first kappa shape index (κ1) is 18.7. The van der Waals surface area contributed by atoms with Gasteiger partial charge in [-0.3, -0.25) is 0 Å². The number of ether oxygens (including phenoxy) is 1. The first-order chi connectivity index (χ1) is 10.4. The summed E-state index contributed by atoms with van der Waals surface area (Å²) < 4.78 is 32.3. The molecule has 2 fully saturated rings. The summed E-state index contributed by atoms with van der Waals surface area (Å²) in [7, 11) is -2.39. The van der Waals surface area contributed by atoms with Crippen molar-refractivity contribution >= 4 is 39.7 Å². The number of halogens is 1. The van der Waals surface area contributed by atoms with Crippen LogP contribution in [0.2, 0.25) is 0 Å². The predicted octanol–water partition coefficient (Wildman–Crippen LogP) is 1.64. The normalized spacial score (nSPS) is 24.8. The van der Waals surface area contributed by atoms with Crippen molar-refractivity contribution in [2.75, 3.05) is 33.3 Å². The molecule has 2 aliphatic heterocycles. The first-order valence-corrected chi connectivity index (χ1v) is 9.59. The highest BCUT2D eigenvalue weighted by molar-refractivity contribution is 7.89.